The molecule has 1 aliphatic heterocycles. The molecule has 5 nitrogen and oxygen atoms in total. The summed E-state index contributed by atoms with van der Waals surface area (Å²) >= 11 is 0. The highest BCUT2D eigenvalue weighted by Gasteiger charge is 2.19. The molecule has 0 N–H and O–H groups in total. The van der Waals surface area contributed by atoms with E-state index in [2.05, 4.69) is 57.3 Å². The molecule has 1 aliphatic rings. The first kappa shape index (κ1) is 21.6. The topological polar surface area (TPSA) is 47.5 Å². The minimum absolute atomic E-state index is 0.464. The van der Waals surface area contributed by atoms with E-state index in [-0.39, 0.29) is 0 Å². The van der Waals surface area contributed by atoms with Crippen LogP contribution in [0, 0.1) is 5.92 Å². The second kappa shape index (κ2) is 10.6. The van der Waals surface area contributed by atoms with Gasteiger partial charge in [0.1, 0.15) is 12.4 Å². The van der Waals surface area contributed by atoms with E-state index >= 15 is 0 Å². The van der Waals surface area contributed by atoms with Crippen LogP contribution in [-0.4, -0.2) is 41.2 Å². The molecule has 33 heavy (non-hydrogen) atoms. The van der Waals surface area contributed by atoms with Gasteiger partial charge in [-0.15, -0.1) is 0 Å². The third-order valence-corrected chi connectivity index (χ3v) is 6.05. The van der Waals surface area contributed by atoms with Crippen LogP contribution in [-0.2, 0) is 24.3 Å². The van der Waals surface area contributed by atoms with Crippen molar-refractivity contribution in [1.82, 2.24) is 14.9 Å². The summed E-state index contributed by atoms with van der Waals surface area (Å²) < 4.78 is 12.0. The van der Waals surface area contributed by atoms with E-state index in [1.807, 2.05) is 36.7 Å². The maximum absolute atomic E-state index is 5.99. The number of benzene rings is 2. The molecule has 0 spiro atoms. The van der Waals surface area contributed by atoms with Gasteiger partial charge in [-0.1, -0.05) is 30.3 Å². The molecule has 168 valence electrons. The van der Waals surface area contributed by atoms with Gasteiger partial charge < -0.3 is 9.47 Å². The van der Waals surface area contributed by atoms with E-state index < -0.39 is 0 Å². The van der Waals surface area contributed by atoms with Crippen molar-refractivity contribution in [1.29, 1.82) is 0 Å². The van der Waals surface area contributed by atoms with Gasteiger partial charge in [0.2, 0.25) is 0 Å². The lowest BCUT2D eigenvalue weighted by Crippen LogP contribution is -2.30. The lowest BCUT2D eigenvalue weighted by molar-refractivity contribution is 0.121. The van der Waals surface area contributed by atoms with Crippen LogP contribution in [0.25, 0.3) is 10.9 Å². The highest BCUT2D eigenvalue weighted by atomic mass is 16.5. The minimum atomic E-state index is 0.464. The number of hydrogen-bond acceptors (Lipinski definition) is 5. The number of nitrogens with zero attached hydrogens (tertiary/aromatic N) is 3. The Morgan fingerprint density at radius 3 is 2.82 bits per heavy atom. The molecule has 1 saturated heterocycles. The molecule has 0 saturated carbocycles. The van der Waals surface area contributed by atoms with Crippen molar-refractivity contribution in [2.75, 3.05) is 26.3 Å². The molecule has 2 aromatic heterocycles. The van der Waals surface area contributed by atoms with Gasteiger partial charge in [0.25, 0.3) is 0 Å². The smallest absolute Gasteiger partial charge is 0.120 e. The fourth-order valence-electron chi connectivity index (χ4n) is 4.45. The molecule has 5 rings (SSSR count). The Bertz CT molecular complexity index is 1180. The molecule has 0 amide bonds. The van der Waals surface area contributed by atoms with E-state index in [1.54, 1.807) is 6.20 Å². The fraction of sp³-hybridized carbons (Fsp3) is 0.286. The number of hydrogen-bond donors (Lipinski definition) is 0. The molecule has 4 aromatic rings. The summed E-state index contributed by atoms with van der Waals surface area (Å²) in [7, 11) is 0. The standard InChI is InChI=1S/C28H29N3O2/c1-4-23(16-27(7-1)33-21-24-5-2-10-29-17-24)18-31-12-13-32-20-25(19-31)14-22-8-9-28-26(15-22)6-3-11-30-28/h1-11,15-17,25H,12-14,18-21H2/t25-/m1/s1. The lowest BCUT2D eigenvalue weighted by atomic mass is 9.98. The van der Waals surface area contributed by atoms with Crippen molar-refractivity contribution in [3.05, 3.63) is 102 Å². The van der Waals surface area contributed by atoms with Crippen LogP contribution in [0.15, 0.2) is 85.3 Å². The van der Waals surface area contributed by atoms with Gasteiger partial charge >= 0.3 is 0 Å². The number of aromatic nitrogens is 2. The summed E-state index contributed by atoms with van der Waals surface area (Å²) in [6.45, 7) is 4.96. The fourth-order valence-corrected chi connectivity index (χ4v) is 4.45. The van der Waals surface area contributed by atoms with Gasteiger partial charge in [0.05, 0.1) is 18.7 Å². The van der Waals surface area contributed by atoms with Gasteiger partial charge in [-0.2, -0.15) is 0 Å². The molecule has 0 aliphatic carbocycles. The zero-order valence-corrected chi connectivity index (χ0v) is 18.8. The van der Waals surface area contributed by atoms with E-state index in [4.69, 9.17) is 9.47 Å². The third-order valence-electron chi connectivity index (χ3n) is 6.05. The van der Waals surface area contributed by atoms with Gasteiger partial charge in [-0.25, -0.2) is 0 Å². The number of ether oxygens (including phenoxy) is 2. The molecule has 5 heteroatoms. The Morgan fingerprint density at radius 1 is 0.939 bits per heavy atom. The van der Waals surface area contributed by atoms with Crippen molar-refractivity contribution < 1.29 is 9.47 Å². The van der Waals surface area contributed by atoms with Crippen molar-refractivity contribution in [2.45, 2.75) is 19.6 Å². The highest BCUT2D eigenvalue weighted by Crippen LogP contribution is 2.21. The molecule has 1 fully saturated rings. The molecule has 0 radical (unpaired) electrons. The van der Waals surface area contributed by atoms with Crippen LogP contribution in [0.1, 0.15) is 16.7 Å². The molecule has 0 unspecified atom stereocenters. The molecular weight excluding hydrogens is 410 g/mol. The number of fused-ring (bicyclic) bond motifs is 1. The van der Waals surface area contributed by atoms with Crippen molar-refractivity contribution >= 4 is 10.9 Å². The summed E-state index contributed by atoms with van der Waals surface area (Å²) in [6, 6.07) is 23.1. The van der Waals surface area contributed by atoms with Gasteiger partial charge in [0, 0.05) is 49.2 Å². The first-order chi connectivity index (χ1) is 16.3. The summed E-state index contributed by atoms with van der Waals surface area (Å²) in [5.74, 6) is 1.36. The highest BCUT2D eigenvalue weighted by molar-refractivity contribution is 5.78. The normalized spacial score (nSPS) is 17.0. The summed E-state index contributed by atoms with van der Waals surface area (Å²) in [6.07, 6.45) is 6.47. The maximum Gasteiger partial charge on any atom is 0.120 e. The van der Waals surface area contributed by atoms with Crippen molar-refractivity contribution in [3.8, 4) is 5.75 Å². The van der Waals surface area contributed by atoms with E-state index in [0.29, 0.717) is 12.5 Å². The summed E-state index contributed by atoms with van der Waals surface area (Å²) in [5, 5.41) is 1.20. The maximum atomic E-state index is 5.99. The second-order valence-electron chi connectivity index (χ2n) is 8.71. The minimum Gasteiger partial charge on any atom is -0.489 e. The van der Waals surface area contributed by atoms with Gasteiger partial charge in [0.15, 0.2) is 0 Å². The Balaban J connectivity index is 1.21. The van der Waals surface area contributed by atoms with E-state index in [9.17, 15) is 0 Å². The number of pyridine rings is 2. The largest absolute Gasteiger partial charge is 0.489 e. The average Bonchev–Trinajstić information content (AvgIpc) is 3.08. The van der Waals surface area contributed by atoms with Crippen LogP contribution in [0.2, 0.25) is 0 Å². The SMILES string of the molecule is c1cncc(COc2cccc(CN3CCOC[C@H](Cc4ccc5ncccc5c4)C3)c2)c1. The predicted octanol–water partition coefficient (Wildman–Crippen LogP) is 4.90. The Kier molecular flexibility index (Phi) is 6.90. The first-order valence-electron chi connectivity index (χ1n) is 11.6. The quantitative estimate of drug-likeness (QED) is 0.410. The summed E-state index contributed by atoms with van der Waals surface area (Å²) in [5.41, 5.74) is 4.72. The zero-order chi connectivity index (χ0) is 22.3. The van der Waals surface area contributed by atoms with E-state index in [1.165, 1.54) is 16.5 Å². The predicted molar refractivity (Wildman–Crippen MR) is 130 cm³/mol. The Morgan fingerprint density at radius 2 is 1.88 bits per heavy atom. The molecule has 0 bridgehead atoms. The van der Waals surface area contributed by atoms with Crippen LogP contribution >= 0.6 is 0 Å². The average molecular weight is 440 g/mol. The Hall–Kier alpha value is -3.28. The number of rotatable bonds is 7. The zero-order valence-electron chi connectivity index (χ0n) is 18.8. The molecular formula is C28H29N3O2. The molecule has 1 atom stereocenters. The van der Waals surface area contributed by atoms with Gasteiger partial charge in [-0.3, -0.25) is 14.9 Å². The molecule has 3 heterocycles. The van der Waals surface area contributed by atoms with Crippen LogP contribution in [0.5, 0.6) is 5.75 Å². The Labute approximate surface area is 195 Å². The van der Waals surface area contributed by atoms with E-state index in [0.717, 1.165) is 56.1 Å². The first-order valence-corrected chi connectivity index (χ1v) is 11.6. The van der Waals surface area contributed by atoms with Crippen molar-refractivity contribution in [3.63, 3.8) is 0 Å². The summed E-state index contributed by atoms with van der Waals surface area (Å²) in [4.78, 5) is 11.1. The second-order valence-corrected chi connectivity index (χ2v) is 8.71. The van der Waals surface area contributed by atoms with Crippen LogP contribution < -0.4 is 4.74 Å². The van der Waals surface area contributed by atoms with Crippen molar-refractivity contribution in [2.24, 2.45) is 5.92 Å². The van der Waals surface area contributed by atoms with Crippen LogP contribution in [0.4, 0.5) is 0 Å². The lowest BCUT2D eigenvalue weighted by Gasteiger charge is -2.24. The monoisotopic (exact) mass is 439 g/mol. The third kappa shape index (κ3) is 5.95. The molecule has 2 aromatic carbocycles. The van der Waals surface area contributed by atoms with Crippen LogP contribution in [0.3, 0.4) is 0 Å². The van der Waals surface area contributed by atoms with Gasteiger partial charge in [-0.05, 0) is 59.9 Å².